The molecule has 1 aromatic heterocycles. The summed E-state index contributed by atoms with van der Waals surface area (Å²) in [6.07, 6.45) is 9.10. The first kappa shape index (κ1) is 23.5. The molecule has 2 aliphatic rings. The number of ether oxygens (including phenoxy) is 1. The van der Waals surface area contributed by atoms with E-state index in [2.05, 4.69) is 10.3 Å². The first-order chi connectivity index (χ1) is 13.1. The number of carbonyl (C=O) groups excluding carboxylic acids is 1. The molecule has 2 saturated carbocycles. The summed E-state index contributed by atoms with van der Waals surface area (Å²) in [6, 6.07) is 7.83. The zero-order valence-electron chi connectivity index (χ0n) is 16.6. The van der Waals surface area contributed by atoms with Crippen molar-refractivity contribution in [1.29, 1.82) is 0 Å². The predicted molar refractivity (Wildman–Crippen MR) is 119 cm³/mol. The number of halogens is 2. The summed E-state index contributed by atoms with van der Waals surface area (Å²) in [4.78, 5) is 17.0. The number of carbonyl (C=O) groups is 1. The minimum Gasteiger partial charge on any atom is -0.486 e. The van der Waals surface area contributed by atoms with Gasteiger partial charge < -0.3 is 20.4 Å². The van der Waals surface area contributed by atoms with Crippen LogP contribution < -0.4 is 15.8 Å². The van der Waals surface area contributed by atoms with Crippen LogP contribution in [0.15, 0.2) is 36.7 Å². The highest BCUT2D eigenvalue weighted by atomic mass is 35.5. The number of hydrogen-bond donors (Lipinski definition) is 2. The SMILES string of the molecule is Cl.Cl.Cn1ccnc1COc1ccc(NC(=O)C2CC3CCCC(C2)C3N)cc1. The molecule has 0 saturated heterocycles. The van der Waals surface area contributed by atoms with E-state index in [-0.39, 0.29) is 42.7 Å². The minimum absolute atomic E-state index is 0. The van der Waals surface area contributed by atoms with E-state index in [1.807, 2.05) is 42.1 Å². The smallest absolute Gasteiger partial charge is 0.227 e. The summed E-state index contributed by atoms with van der Waals surface area (Å²) in [6.45, 7) is 0.417. The third kappa shape index (κ3) is 5.44. The molecule has 2 bridgehead atoms. The number of imidazole rings is 1. The second kappa shape index (κ2) is 10.3. The summed E-state index contributed by atoms with van der Waals surface area (Å²) in [5.41, 5.74) is 7.15. The standard InChI is InChI=1S/C21H28N4O2.2ClH/c1-25-10-9-23-19(25)13-27-18-7-5-17(6-8-18)24-21(26)16-11-14-3-2-4-15(12-16)20(14)22;;/h5-10,14-16,20H,2-4,11-13,22H2,1H3,(H,24,26);2*1H. The maximum atomic E-state index is 12.7. The third-order valence-electron chi connectivity index (χ3n) is 6.19. The molecule has 2 aromatic rings. The van der Waals surface area contributed by atoms with Crippen LogP contribution in [0.5, 0.6) is 5.75 Å². The van der Waals surface area contributed by atoms with Gasteiger partial charge in [0, 0.05) is 37.1 Å². The van der Waals surface area contributed by atoms with Gasteiger partial charge in [0.05, 0.1) is 0 Å². The second-order valence-corrected chi connectivity index (χ2v) is 7.95. The quantitative estimate of drug-likeness (QED) is 0.737. The van der Waals surface area contributed by atoms with E-state index in [1.54, 1.807) is 6.20 Å². The Morgan fingerprint density at radius 3 is 2.45 bits per heavy atom. The lowest BCUT2D eigenvalue weighted by atomic mass is 9.65. The molecule has 2 fully saturated rings. The monoisotopic (exact) mass is 440 g/mol. The average Bonchev–Trinajstić information content (AvgIpc) is 3.06. The van der Waals surface area contributed by atoms with Crippen LogP contribution in [-0.2, 0) is 18.4 Å². The van der Waals surface area contributed by atoms with Crippen LogP contribution in [0.3, 0.4) is 0 Å². The summed E-state index contributed by atoms with van der Waals surface area (Å²) < 4.78 is 7.69. The molecule has 4 rings (SSSR count). The topological polar surface area (TPSA) is 82.2 Å². The van der Waals surface area contributed by atoms with Crippen LogP contribution in [0, 0.1) is 17.8 Å². The van der Waals surface area contributed by atoms with Gasteiger partial charge in [0.25, 0.3) is 0 Å². The molecule has 0 spiro atoms. The molecular formula is C21H30Cl2N4O2. The summed E-state index contributed by atoms with van der Waals surface area (Å²) in [5, 5.41) is 3.07. The summed E-state index contributed by atoms with van der Waals surface area (Å²) in [5.74, 6) is 2.85. The van der Waals surface area contributed by atoms with E-state index in [0.717, 1.165) is 30.1 Å². The summed E-state index contributed by atoms with van der Waals surface area (Å²) in [7, 11) is 1.94. The molecule has 8 heteroatoms. The van der Waals surface area contributed by atoms with E-state index in [4.69, 9.17) is 10.5 Å². The molecular weight excluding hydrogens is 411 g/mol. The number of fused-ring (bicyclic) bond motifs is 2. The maximum absolute atomic E-state index is 12.7. The Morgan fingerprint density at radius 2 is 1.86 bits per heavy atom. The maximum Gasteiger partial charge on any atom is 0.227 e. The summed E-state index contributed by atoms with van der Waals surface area (Å²) >= 11 is 0. The lowest BCUT2D eigenvalue weighted by Crippen LogP contribution is -2.48. The van der Waals surface area contributed by atoms with Crippen molar-refractivity contribution in [2.75, 3.05) is 5.32 Å². The van der Waals surface area contributed by atoms with Crippen molar-refractivity contribution in [2.45, 2.75) is 44.8 Å². The Bertz CT molecular complexity index is 782. The first-order valence-electron chi connectivity index (χ1n) is 9.85. The molecule has 1 amide bonds. The number of rotatable bonds is 5. The molecule has 29 heavy (non-hydrogen) atoms. The Labute approximate surface area is 184 Å². The molecule has 1 aromatic carbocycles. The fourth-order valence-electron chi connectivity index (χ4n) is 4.57. The molecule has 6 nitrogen and oxygen atoms in total. The molecule has 3 N–H and O–H groups in total. The molecule has 0 radical (unpaired) electrons. The Balaban J connectivity index is 0.00000150. The van der Waals surface area contributed by atoms with Crippen molar-refractivity contribution in [3.05, 3.63) is 42.5 Å². The number of aromatic nitrogens is 2. The van der Waals surface area contributed by atoms with E-state index in [0.29, 0.717) is 18.4 Å². The Hall–Kier alpha value is -1.76. The van der Waals surface area contributed by atoms with Crippen LogP contribution >= 0.6 is 24.8 Å². The molecule has 1 heterocycles. The lowest BCUT2D eigenvalue weighted by molar-refractivity contribution is -0.122. The van der Waals surface area contributed by atoms with E-state index >= 15 is 0 Å². The van der Waals surface area contributed by atoms with Crippen molar-refractivity contribution < 1.29 is 9.53 Å². The number of anilines is 1. The number of nitrogens with one attached hydrogen (secondary N) is 1. The van der Waals surface area contributed by atoms with Gasteiger partial charge in [-0.25, -0.2) is 4.98 Å². The predicted octanol–water partition coefficient (Wildman–Crippen LogP) is 3.93. The third-order valence-corrected chi connectivity index (χ3v) is 6.19. The molecule has 2 unspecified atom stereocenters. The minimum atomic E-state index is 0. The molecule has 2 aliphatic carbocycles. The number of hydrogen-bond acceptors (Lipinski definition) is 4. The zero-order chi connectivity index (χ0) is 18.8. The highest BCUT2D eigenvalue weighted by Crippen LogP contribution is 2.42. The molecule has 2 atom stereocenters. The van der Waals surface area contributed by atoms with Crippen molar-refractivity contribution in [2.24, 2.45) is 30.5 Å². The van der Waals surface area contributed by atoms with Crippen molar-refractivity contribution in [3.63, 3.8) is 0 Å². The van der Waals surface area contributed by atoms with E-state index < -0.39 is 0 Å². The normalized spacial score (nSPS) is 25.3. The number of aryl methyl sites for hydroxylation is 1. The highest BCUT2D eigenvalue weighted by molar-refractivity contribution is 5.92. The highest BCUT2D eigenvalue weighted by Gasteiger charge is 2.40. The number of nitrogens with zero attached hydrogens (tertiary/aromatic N) is 2. The van der Waals surface area contributed by atoms with Crippen LogP contribution in [0.1, 0.15) is 37.9 Å². The van der Waals surface area contributed by atoms with Gasteiger partial charge >= 0.3 is 0 Å². The molecule has 160 valence electrons. The largest absolute Gasteiger partial charge is 0.486 e. The zero-order valence-corrected chi connectivity index (χ0v) is 18.3. The van der Waals surface area contributed by atoms with Gasteiger partial charge in [-0.05, 0) is 61.8 Å². The van der Waals surface area contributed by atoms with Crippen LogP contribution in [-0.4, -0.2) is 21.5 Å². The van der Waals surface area contributed by atoms with Gasteiger partial charge in [-0.15, -0.1) is 24.8 Å². The van der Waals surface area contributed by atoms with Gasteiger partial charge in [-0.1, -0.05) is 6.42 Å². The van der Waals surface area contributed by atoms with Gasteiger partial charge in [0.2, 0.25) is 5.91 Å². The number of benzene rings is 1. The van der Waals surface area contributed by atoms with E-state index in [1.165, 1.54) is 19.3 Å². The van der Waals surface area contributed by atoms with Gasteiger partial charge in [-0.2, -0.15) is 0 Å². The first-order valence-corrected chi connectivity index (χ1v) is 9.85. The van der Waals surface area contributed by atoms with Crippen molar-refractivity contribution in [3.8, 4) is 5.75 Å². The Kier molecular flexibility index (Phi) is 8.37. The van der Waals surface area contributed by atoms with Crippen LogP contribution in [0.25, 0.3) is 0 Å². The van der Waals surface area contributed by atoms with Crippen molar-refractivity contribution in [1.82, 2.24) is 9.55 Å². The second-order valence-electron chi connectivity index (χ2n) is 7.95. The van der Waals surface area contributed by atoms with Crippen molar-refractivity contribution >= 4 is 36.4 Å². The number of nitrogens with two attached hydrogens (primary N) is 1. The van der Waals surface area contributed by atoms with Gasteiger partial charge in [-0.3, -0.25) is 4.79 Å². The van der Waals surface area contributed by atoms with Gasteiger partial charge in [0.15, 0.2) is 0 Å². The van der Waals surface area contributed by atoms with Crippen LogP contribution in [0.2, 0.25) is 0 Å². The number of amides is 1. The van der Waals surface area contributed by atoms with Gasteiger partial charge in [0.1, 0.15) is 18.2 Å². The van der Waals surface area contributed by atoms with E-state index in [9.17, 15) is 4.79 Å². The fourth-order valence-corrected chi connectivity index (χ4v) is 4.57. The Morgan fingerprint density at radius 1 is 1.21 bits per heavy atom. The molecule has 0 aliphatic heterocycles. The lowest BCUT2D eigenvalue weighted by Gasteiger charge is -2.43. The fraction of sp³-hybridized carbons (Fsp3) is 0.524. The van der Waals surface area contributed by atoms with Crippen LogP contribution in [0.4, 0.5) is 5.69 Å². The average molecular weight is 441 g/mol.